The molecule has 0 amide bonds. The summed E-state index contributed by atoms with van der Waals surface area (Å²) in [5, 5.41) is 7.86. The van der Waals surface area contributed by atoms with E-state index in [9.17, 15) is 0 Å². The molecule has 0 atom stereocenters. The van der Waals surface area contributed by atoms with Crippen molar-refractivity contribution < 1.29 is 4.74 Å². The summed E-state index contributed by atoms with van der Waals surface area (Å²) >= 11 is 0. The maximum absolute atomic E-state index is 5.01. The van der Waals surface area contributed by atoms with Crippen LogP contribution >= 0.6 is 0 Å². The van der Waals surface area contributed by atoms with Crippen molar-refractivity contribution in [1.82, 2.24) is 15.1 Å². The van der Waals surface area contributed by atoms with Crippen LogP contribution in [0.2, 0.25) is 0 Å². The normalized spacial score (nSPS) is 24.3. The van der Waals surface area contributed by atoms with E-state index >= 15 is 0 Å². The second-order valence-corrected chi connectivity index (χ2v) is 5.41. The molecule has 0 spiro atoms. The Labute approximate surface area is 110 Å². The maximum atomic E-state index is 5.01. The minimum absolute atomic E-state index is 0.619. The van der Waals surface area contributed by atoms with Crippen LogP contribution in [0.3, 0.4) is 0 Å². The predicted octanol–water partition coefficient (Wildman–Crippen LogP) is 2.37. The Morgan fingerprint density at radius 2 is 2.17 bits per heavy atom. The molecule has 4 heteroatoms. The summed E-state index contributed by atoms with van der Waals surface area (Å²) in [6.45, 7) is 4.88. The highest BCUT2D eigenvalue weighted by Gasteiger charge is 2.19. The van der Waals surface area contributed by atoms with Crippen molar-refractivity contribution in [3.63, 3.8) is 0 Å². The van der Waals surface area contributed by atoms with Gasteiger partial charge < -0.3 is 10.1 Å². The molecule has 4 nitrogen and oxygen atoms in total. The van der Waals surface area contributed by atoms with E-state index in [-0.39, 0.29) is 0 Å². The average molecular weight is 251 g/mol. The van der Waals surface area contributed by atoms with Gasteiger partial charge in [-0.05, 0) is 31.6 Å². The van der Waals surface area contributed by atoms with Crippen molar-refractivity contribution >= 4 is 0 Å². The van der Waals surface area contributed by atoms with E-state index in [1.54, 1.807) is 7.11 Å². The number of hydrogen-bond donors (Lipinski definition) is 1. The Balaban J connectivity index is 1.78. The molecule has 1 saturated carbocycles. The molecule has 1 aliphatic carbocycles. The molecule has 2 rings (SSSR count). The standard InChI is InChI=1S/C14H25N3O/c1-12-3-5-14(6-4-12)17-11-13(10-16-17)9-15-7-8-18-2/h10-12,14-15H,3-9H2,1-2H3. The van der Waals surface area contributed by atoms with E-state index in [1.165, 1.54) is 31.2 Å². The van der Waals surface area contributed by atoms with Gasteiger partial charge in [-0.25, -0.2) is 0 Å². The van der Waals surface area contributed by atoms with Crippen LogP contribution in [0.15, 0.2) is 12.4 Å². The third kappa shape index (κ3) is 3.82. The van der Waals surface area contributed by atoms with Gasteiger partial charge in [0.2, 0.25) is 0 Å². The van der Waals surface area contributed by atoms with Gasteiger partial charge in [0.15, 0.2) is 0 Å². The highest BCUT2D eigenvalue weighted by molar-refractivity contribution is 5.04. The quantitative estimate of drug-likeness (QED) is 0.789. The molecule has 0 aliphatic heterocycles. The lowest BCUT2D eigenvalue weighted by Gasteiger charge is -2.26. The maximum Gasteiger partial charge on any atom is 0.0587 e. The van der Waals surface area contributed by atoms with E-state index < -0.39 is 0 Å². The molecule has 102 valence electrons. The molecule has 1 heterocycles. The number of methoxy groups -OCH3 is 1. The molecule has 0 unspecified atom stereocenters. The fourth-order valence-electron chi connectivity index (χ4n) is 2.58. The monoisotopic (exact) mass is 251 g/mol. The first-order chi connectivity index (χ1) is 8.79. The lowest BCUT2D eigenvalue weighted by molar-refractivity contribution is 0.199. The van der Waals surface area contributed by atoms with E-state index in [0.717, 1.165) is 25.6 Å². The number of ether oxygens (including phenoxy) is 1. The smallest absolute Gasteiger partial charge is 0.0587 e. The molecule has 1 aliphatic rings. The Hall–Kier alpha value is -0.870. The van der Waals surface area contributed by atoms with Crippen LogP contribution < -0.4 is 5.32 Å². The molecule has 1 aromatic heterocycles. The molecule has 1 aromatic rings. The SMILES string of the molecule is COCCNCc1cnn(C2CCC(C)CC2)c1. The van der Waals surface area contributed by atoms with Crippen molar-refractivity contribution in [2.75, 3.05) is 20.3 Å². The van der Waals surface area contributed by atoms with Crippen LogP contribution in [0.5, 0.6) is 0 Å². The zero-order valence-electron chi connectivity index (χ0n) is 11.6. The molecule has 1 N–H and O–H groups in total. The van der Waals surface area contributed by atoms with Crippen molar-refractivity contribution in [3.05, 3.63) is 18.0 Å². The fourth-order valence-corrected chi connectivity index (χ4v) is 2.58. The van der Waals surface area contributed by atoms with Crippen molar-refractivity contribution in [2.45, 2.75) is 45.2 Å². The third-order valence-electron chi connectivity index (χ3n) is 3.83. The number of nitrogens with zero attached hydrogens (tertiary/aromatic N) is 2. The molecular weight excluding hydrogens is 226 g/mol. The number of hydrogen-bond acceptors (Lipinski definition) is 3. The van der Waals surface area contributed by atoms with Gasteiger partial charge in [-0.3, -0.25) is 4.68 Å². The van der Waals surface area contributed by atoms with Gasteiger partial charge >= 0.3 is 0 Å². The van der Waals surface area contributed by atoms with Gasteiger partial charge in [-0.2, -0.15) is 5.10 Å². The van der Waals surface area contributed by atoms with Crippen molar-refractivity contribution in [1.29, 1.82) is 0 Å². The lowest BCUT2D eigenvalue weighted by atomic mass is 9.87. The zero-order chi connectivity index (χ0) is 12.8. The second kappa shape index (κ2) is 6.90. The minimum atomic E-state index is 0.619. The summed E-state index contributed by atoms with van der Waals surface area (Å²) < 4.78 is 7.17. The molecule has 0 bridgehead atoms. The summed E-state index contributed by atoms with van der Waals surface area (Å²) in [5.74, 6) is 0.895. The van der Waals surface area contributed by atoms with Gasteiger partial charge in [0.05, 0.1) is 18.8 Å². The minimum Gasteiger partial charge on any atom is -0.383 e. The average Bonchev–Trinajstić information content (AvgIpc) is 2.84. The highest BCUT2D eigenvalue weighted by atomic mass is 16.5. The van der Waals surface area contributed by atoms with Crippen LogP contribution in [-0.4, -0.2) is 30.0 Å². The Morgan fingerprint density at radius 3 is 2.89 bits per heavy atom. The van der Waals surface area contributed by atoms with Crippen LogP contribution in [0.4, 0.5) is 0 Å². The number of rotatable bonds is 6. The lowest BCUT2D eigenvalue weighted by Crippen LogP contribution is -2.18. The van der Waals surface area contributed by atoms with E-state index in [1.807, 2.05) is 6.20 Å². The Kier molecular flexibility index (Phi) is 5.20. The number of aromatic nitrogens is 2. The molecule has 0 radical (unpaired) electrons. The third-order valence-corrected chi connectivity index (χ3v) is 3.83. The summed E-state index contributed by atoms with van der Waals surface area (Å²) in [7, 11) is 1.73. The Bertz CT molecular complexity index is 343. The van der Waals surface area contributed by atoms with Gasteiger partial charge in [0.1, 0.15) is 0 Å². The van der Waals surface area contributed by atoms with Crippen LogP contribution in [0.25, 0.3) is 0 Å². The number of nitrogens with one attached hydrogen (secondary N) is 1. The summed E-state index contributed by atoms with van der Waals surface area (Å²) in [5.41, 5.74) is 1.27. The summed E-state index contributed by atoms with van der Waals surface area (Å²) in [6, 6.07) is 0.619. The highest BCUT2D eigenvalue weighted by Crippen LogP contribution is 2.31. The predicted molar refractivity (Wildman–Crippen MR) is 72.5 cm³/mol. The summed E-state index contributed by atoms with van der Waals surface area (Å²) in [6.07, 6.45) is 9.41. The van der Waals surface area contributed by atoms with Gasteiger partial charge in [0, 0.05) is 32.0 Å². The molecule has 1 fully saturated rings. The zero-order valence-corrected chi connectivity index (χ0v) is 11.6. The van der Waals surface area contributed by atoms with Gasteiger partial charge in [-0.15, -0.1) is 0 Å². The Morgan fingerprint density at radius 1 is 1.39 bits per heavy atom. The summed E-state index contributed by atoms with van der Waals surface area (Å²) in [4.78, 5) is 0. The van der Waals surface area contributed by atoms with E-state index in [4.69, 9.17) is 4.74 Å². The van der Waals surface area contributed by atoms with Crippen molar-refractivity contribution in [2.24, 2.45) is 5.92 Å². The fraction of sp³-hybridized carbons (Fsp3) is 0.786. The molecule has 18 heavy (non-hydrogen) atoms. The molecular formula is C14H25N3O. The van der Waals surface area contributed by atoms with Crippen molar-refractivity contribution in [3.8, 4) is 0 Å². The van der Waals surface area contributed by atoms with Gasteiger partial charge in [0.25, 0.3) is 0 Å². The first kappa shape index (κ1) is 13.6. The van der Waals surface area contributed by atoms with Gasteiger partial charge in [-0.1, -0.05) is 6.92 Å². The van der Waals surface area contributed by atoms with Crippen LogP contribution in [0.1, 0.15) is 44.2 Å². The van der Waals surface area contributed by atoms with E-state index in [2.05, 4.69) is 28.2 Å². The molecule has 0 aromatic carbocycles. The van der Waals surface area contributed by atoms with E-state index in [0.29, 0.717) is 6.04 Å². The topological polar surface area (TPSA) is 39.1 Å². The largest absolute Gasteiger partial charge is 0.383 e. The van der Waals surface area contributed by atoms with Crippen LogP contribution in [-0.2, 0) is 11.3 Å². The second-order valence-electron chi connectivity index (χ2n) is 5.41. The first-order valence-corrected chi connectivity index (χ1v) is 7.02. The van der Waals surface area contributed by atoms with Crippen LogP contribution in [0, 0.1) is 5.92 Å². The molecule has 0 saturated heterocycles. The first-order valence-electron chi connectivity index (χ1n) is 7.02.